The smallest absolute Gasteiger partial charge is 0.320 e. The molecule has 0 radical (unpaired) electrons. The molecule has 1 amide bonds. The van der Waals surface area contributed by atoms with Crippen molar-refractivity contribution in [3.05, 3.63) is 33.9 Å². The molecule has 0 fully saturated rings. The summed E-state index contributed by atoms with van der Waals surface area (Å²) in [6, 6.07) is 1.99. The number of nitrogens with zero attached hydrogens (tertiary/aromatic N) is 7. The summed E-state index contributed by atoms with van der Waals surface area (Å²) < 4.78 is 37.0. The number of aliphatic carboxylic acids is 1. The van der Waals surface area contributed by atoms with Gasteiger partial charge in [0, 0.05) is 56.0 Å². The maximum atomic E-state index is 14.5. The first-order chi connectivity index (χ1) is 23.8. The van der Waals surface area contributed by atoms with Crippen LogP contribution in [0.5, 0.6) is 5.75 Å². The molecule has 1 aromatic carbocycles. The number of benzene rings is 1. The Balaban J connectivity index is 0.000000237. The predicted octanol–water partition coefficient (Wildman–Crippen LogP) is 3.72. The summed E-state index contributed by atoms with van der Waals surface area (Å²) >= 11 is 6.97. The van der Waals surface area contributed by atoms with E-state index in [-0.39, 0.29) is 54.1 Å². The van der Waals surface area contributed by atoms with Crippen LogP contribution in [0.4, 0.5) is 27.7 Å². The molecule has 0 spiro atoms. The summed E-state index contributed by atoms with van der Waals surface area (Å²) in [4.78, 5) is 49.4. The number of terminal acetylenes is 1. The van der Waals surface area contributed by atoms with Crippen molar-refractivity contribution in [3.8, 4) is 18.1 Å². The van der Waals surface area contributed by atoms with Gasteiger partial charge < -0.3 is 35.7 Å². The molecule has 0 saturated heterocycles. The van der Waals surface area contributed by atoms with Crippen molar-refractivity contribution in [2.75, 3.05) is 48.1 Å². The van der Waals surface area contributed by atoms with Gasteiger partial charge in [0.1, 0.15) is 23.3 Å². The van der Waals surface area contributed by atoms with Gasteiger partial charge in [0.15, 0.2) is 19.8 Å². The SMILES string of the molecule is C#CCN1C(=O)COc2cc(F)c(/N=c3\snc4n3CC(C)(C)C4)cc21.CCNc1nc(Cl)nc(NC(C)C)n1.CP(=O)(O)CCC(N)C(=O)O. The molecule has 16 nitrogen and oxygen atoms in total. The van der Waals surface area contributed by atoms with Crippen molar-refractivity contribution in [1.29, 1.82) is 0 Å². The normalized spacial score (nSPS) is 16.2. The molecule has 2 aliphatic heterocycles. The van der Waals surface area contributed by atoms with E-state index in [2.05, 4.69) is 54.7 Å². The average molecular weight is 769 g/mol. The summed E-state index contributed by atoms with van der Waals surface area (Å²) in [5.74, 6) is 2.77. The molecule has 0 bridgehead atoms. The highest BCUT2D eigenvalue weighted by atomic mass is 35.5. The number of carbonyl (C=O) groups is 2. The Kier molecular flexibility index (Phi) is 14.5. The predicted molar refractivity (Wildman–Crippen MR) is 194 cm³/mol. The highest BCUT2D eigenvalue weighted by molar-refractivity contribution is 7.57. The van der Waals surface area contributed by atoms with E-state index in [9.17, 15) is 18.5 Å². The van der Waals surface area contributed by atoms with Crippen LogP contribution in [0.3, 0.4) is 0 Å². The monoisotopic (exact) mass is 768 g/mol. The Morgan fingerprint density at radius 3 is 2.61 bits per heavy atom. The summed E-state index contributed by atoms with van der Waals surface area (Å²) in [7, 11) is -3.10. The molecule has 20 heteroatoms. The van der Waals surface area contributed by atoms with Gasteiger partial charge in [0.25, 0.3) is 5.91 Å². The molecule has 6 N–H and O–H groups in total. The Morgan fingerprint density at radius 2 is 2.00 bits per heavy atom. The van der Waals surface area contributed by atoms with Gasteiger partial charge in [-0.25, -0.2) is 9.38 Å². The number of nitrogens with one attached hydrogen (secondary N) is 2. The largest absolute Gasteiger partial charge is 0.481 e. The Hall–Kier alpha value is -4.14. The molecule has 2 unspecified atom stereocenters. The minimum absolute atomic E-state index is 0.0412. The third kappa shape index (κ3) is 12.5. The lowest BCUT2D eigenvalue weighted by atomic mass is 9.92. The number of halogens is 2. The zero-order chi connectivity index (χ0) is 38.1. The van der Waals surface area contributed by atoms with E-state index < -0.39 is 25.2 Å². The summed E-state index contributed by atoms with van der Waals surface area (Å²) in [6.07, 6.45) is 6.22. The fourth-order valence-electron chi connectivity index (χ4n) is 4.66. The Labute approximate surface area is 304 Å². The first kappa shape index (κ1) is 41.3. The lowest BCUT2D eigenvalue weighted by Gasteiger charge is -2.28. The van der Waals surface area contributed by atoms with Crippen LogP contribution in [-0.4, -0.2) is 90.4 Å². The van der Waals surface area contributed by atoms with E-state index >= 15 is 0 Å². The van der Waals surface area contributed by atoms with E-state index in [4.69, 9.17) is 38.5 Å². The average Bonchev–Trinajstić information content (AvgIpc) is 3.52. The van der Waals surface area contributed by atoms with E-state index in [0.717, 1.165) is 25.3 Å². The van der Waals surface area contributed by atoms with Crippen molar-refractivity contribution in [3.63, 3.8) is 0 Å². The van der Waals surface area contributed by atoms with Gasteiger partial charge in [-0.1, -0.05) is 19.8 Å². The number of hydrogen-bond donors (Lipinski definition) is 5. The number of hydrogen-bond acceptors (Lipinski definition) is 13. The van der Waals surface area contributed by atoms with Gasteiger partial charge in [0.2, 0.25) is 22.0 Å². The first-order valence-corrected chi connectivity index (χ1v) is 19.3. The number of aromatic nitrogens is 5. The summed E-state index contributed by atoms with van der Waals surface area (Å²) in [6.45, 7) is 13.0. The molecule has 51 heavy (non-hydrogen) atoms. The maximum Gasteiger partial charge on any atom is 0.320 e. The zero-order valence-electron chi connectivity index (χ0n) is 29.2. The minimum Gasteiger partial charge on any atom is -0.481 e. The van der Waals surface area contributed by atoms with Gasteiger partial charge in [-0.15, -0.1) is 6.42 Å². The van der Waals surface area contributed by atoms with Gasteiger partial charge in [-0.2, -0.15) is 19.3 Å². The minimum atomic E-state index is -3.10. The van der Waals surface area contributed by atoms with Crippen LogP contribution in [0.15, 0.2) is 17.1 Å². The molecule has 0 aliphatic carbocycles. The van der Waals surface area contributed by atoms with Crippen LogP contribution in [0.1, 0.15) is 46.9 Å². The van der Waals surface area contributed by atoms with Gasteiger partial charge >= 0.3 is 5.97 Å². The Morgan fingerprint density at radius 1 is 1.31 bits per heavy atom. The van der Waals surface area contributed by atoms with Crippen molar-refractivity contribution in [1.82, 2.24) is 23.9 Å². The van der Waals surface area contributed by atoms with Crippen molar-refractivity contribution in [2.45, 2.75) is 66.1 Å². The fraction of sp³-hybridized carbons (Fsp3) is 0.516. The molecule has 0 saturated carbocycles. The van der Waals surface area contributed by atoms with Crippen LogP contribution in [0, 0.1) is 23.6 Å². The number of carboxylic acid groups (broad SMARTS) is 1. The fourth-order valence-corrected chi connectivity index (χ4v) is 6.33. The van der Waals surface area contributed by atoms with Gasteiger partial charge in [0.05, 0.1) is 12.2 Å². The lowest BCUT2D eigenvalue weighted by Crippen LogP contribution is -2.39. The summed E-state index contributed by atoms with van der Waals surface area (Å²) in [5, 5.41) is 14.5. The highest BCUT2D eigenvalue weighted by Crippen LogP contribution is 2.38. The number of rotatable bonds is 10. The second-order valence-corrected chi connectivity index (χ2v) is 16.4. The molecule has 3 aromatic rings. The molecule has 2 aliphatic rings. The van der Waals surface area contributed by atoms with Gasteiger partial charge in [-0.05, 0) is 50.3 Å². The Bertz CT molecular complexity index is 1880. The highest BCUT2D eigenvalue weighted by Gasteiger charge is 2.31. The van der Waals surface area contributed by atoms with Crippen LogP contribution >= 0.6 is 30.5 Å². The molecule has 2 atom stereocenters. The van der Waals surface area contributed by atoms with Crippen LogP contribution in [0.2, 0.25) is 5.28 Å². The third-order valence-corrected chi connectivity index (χ3v) is 9.00. The molecule has 278 valence electrons. The lowest BCUT2D eigenvalue weighted by molar-refractivity contribution is -0.138. The molecule has 2 aromatic heterocycles. The van der Waals surface area contributed by atoms with Crippen molar-refractivity contribution < 1.29 is 33.3 Å². The third-order valence-electron chi connectivity index (χ3n) is 6.97. The maximum absolute atomic E-state index is 14.5. The van der Waals surface area contributed by atoms with Crippen LogP contribution < -0.4 is 30.8 Å². The standard InChI is InChI=1S/C18H17FN4O2S.C8H14ClN5.C5H12NO4P/c1-4-5-22-13-7-12(11(19)6-14(13)25-9-16(22)24)20-17-23-10-18(2,3)8-15(23)21-26-17;1-4-10-7-12-6(9)13-8(14-7)11-5(2)3;1-11(9,10)3-2-4(6)5(7)8/h1,6-7H,5,8-10H2,2-3H3;5H,4H2,1-3H3,(H2,10,11,12,13,14);4H,2-3,6H2,1H3,(H,7,8)(H,9,10)/b20-17-;;. The molecule has 4 heterocycles. The number of carboxylic acids is 1. The number of anilines is 3. The number of nitrogens with two attached hydrogens (primary N) is 1. The van der Waals surface area contributed by atoms with Crippen LogP contribution in [0.25, 0.3) is 0 Å². The van der Waals surface area contributed by atoms with Crippen molar-refractivity contribution >= 4 is 65.7 Å². The molecule has 5 rings (SSSR count). The van der Waals surface area contributed by atoms with E-state index in [0.29, 0.717) is 28.1 Å². The van der Waals surface area contributed by atoms with E-state index in [1.807, 2.05) is 25.3 Å². The van der Waals surface area contributed by atoms with Gasteiger partial charge in [-0.3, -0.25) is 19.1 Å². The van der Waals surface area contributed by atoms with E-state index in [1.54, 1.807) is 0 Å². The second kappa shape index (κ2) is 17.9. The molecular weight excluding hydrogens is 726 g/mol. The number of carbonyl (C=O) groups excluding carboxylic acids is 1. The number of amides is 1. The zero-order valence-corrected chi connectivity index (χ0v) is 31.7. The first-order valence-electron chi connectivity index (χ1n) is 15.8. The topological polar surface area (TPSA) is 223 Å². The quantitative estimate of drug-likeness (QED) is 0.147. The second-order valence-electron chi connectivity index (χ2n) is 12.8. The van der Waals surface area contributed by atoms with Crippen LogP contribution in [-0.2, 0) is 27.1 Å². The number of fused-ring (bicyclic) bond motifs is 2. The summed E-state index contributed by atoms with van der Waals surface area (Å²) in [5.41, 5.74) is 5.77. The van der Waals surface area contributed by atoms with E-state index in [1.165, 1.54) is 35.2 Å². The molecular formula is C31H43ClFN10O6PS. The number of ether oxygens (including phenoxy) is 1. The van der Waals surface area contributed by atoms with Crippen molar-refractivity contribution in [2.24, 2.45) is 16.1 Å².